The molecular weight excluding hydrogens is 252 g/mol. The van der Waals surface area contributed by atoms with Crippen molar-refractivity contribution in [2.24, 2.45) is 0 Å². The molecule has 0 aliphatic rings. The number of amides is 2. The standard InChI is InChI=1S/C13H17ClN2O2/c1-3-8-15-13(18)9-16(10(2)17)12-6-4-11(14)5-7-12/h4-7H,3,8-9H2,1-2H3,(H,15,18). The molecular formula is C13H17ClN2O2. The van der Waals surface area contributed by atoms with Crippen LogP contribution in [0.5, 0.6) is 0 Å². The molecule has 1 rings (SSSR count). The highest BCUT2D eigenvalue weighted by Gasteiger charge is 2.15. The quantitative estimate of drug-likeness (QED) is 0.890. The Morgan fingerprint density at radius 3 is 2.39 bits per heavy atom. The first-order chi connectivity index (χ1) is 8.54. The molecule has 1 aromatic rings. The molecule has 0 unspecified atom stereocenters. The molecule has 0 atom stereocenters. The van der Waals surface area contributed by atoms with Gasteiger partial charge in [0.25, 0.3) is 0 Å². The monoisotopic (exact) mass is 268 g/mol. The normalized spacial score (nSPS) is 9.94. The third-order valence-electron chi connectivity index (χ3n) is 2.39. The maximum atomic E-state index is 11.6. The molecule has 4 nitrogen and oxygen atoms in total. The molecule has 0 fully saturated rings. The SMILES string of the molecule is CCCNC(=O)CN(C(C)=O)c1ccc(Cl)cc1. The highest BCUT2D eigenvalue weighted by atomic mass is 35.5. The maximum Gasteiger partial charge on any atom is 0.240 e. The summed E-state index contributed by atoms with van der Waals surface area (Å²) < 4.78 is 0. The number of rotatable bonds is 5. The van der Waals surface area contributed by atoms with Crippen LogP contribution in [-0.4, -0.2) is 24.9 Å². The molecule has 0 spiro atoms. The molecule has 0 bridgehead atoms. The summed E-state index contributed by atoms with van der Waals surface area (Å²) in [6, 6.07) is 6.82. The molecule has 0 aliphatic heterocycles. The summed E-state index contributed by atoms with van der Waals surface area (Å²) in [4.78, 5) is 24.6. The van der Waals surface area contributed by atoms with Crippen LogP contribution >= 0.6 is 11.6 Å². The second kappa shape index (κ2) is 7.01. The Kier molecular flexibility index (Phi) is 5.65. The second-order valence-electron chi connectivity index (χ2n) is 3.93. The molecule has 1 N–H and O–H groups in total. The lowest BCUT2D eigenvalue weighted by molar-refractivity contribution is -0.123. The first-order valence-corrected chi connectivity index (χ1v) is 6.22. The minimum absolute atomic E-state index is 0.0248. The molecule has 0 saturated carbocycles. The summed E-state index contributed by atoms with van der Waals surface area (Å²) in [6.45, 7) is 4.05. The average Bonchev–Trinajstić information content (AvgIpc) is 2.34. The van der Waals surface area contributed by atoms with Crippen molar-refractivity contribution in [1.29, 1.82) is 0 Å². The summed E-state index contributed by atoms with van der Waals surface area (Å²) in [6.07, 6.45) is 0.868. The van der Waals surface area contributed by atoms with Crippen molar-refractivity contribution in [3.8, 4) is 0 Å². The molecule has 0 heterocycles. The first-order valence-electron chi connectivity index (χ1n) is 5.85. The molecule has 0 saturated heterocycles. The highest BCUT2D eigenvalue weighted by molar-refractivity contribution is 6.30. The van der Waals surface area contributed by atoms with E-state index < -0.39 is 0 Å². The summed E-state index contributed by atoms with van der Waals surface area (Å²) in [7, 11) is 0. The fourth-order valence-electron chi connectivity index (χ4n) is 1.47. The second-order valence-corrected chi connectivity index (χ2v) is 4.37. The smallest absolute Gasteiger partial charge is 0.240 e. The Labute approximate surface area is 112 Å². The van der Waals surface area contributed by atoms with E-state index in [1.807, 2.05) is 6.92 Å². The molecule has 0 radical (unpaired) electrons. The van der Waals surface area contributed by atoms with E-state index in [0.29, 0.717) is 17.3 Å². The number of carbonyl (C=O) groups is 2. The van der Waals surface area contributed by atoms with E-state index in [1.165, 1.54) is 11.8 Å². The van der Waals surface area contributed by atoms with Crippen LogP contribution in [0.25, 0.3) is 0 Å². The van der Waals surface area contributed by atoms with Crippen molar-refractivity contribution in [2.75, 3.05) is 18.0 Å². The van der Waals surface area contributed by atoms with Crippen molar-refractivity contribution < 1.29 is 9.59 Å². The van der Waals surface area contributed by atoms with Gasteiger partial charge in [-0.05, 0) is 30.7 Å². The molecule has 5 heteroatoms. The van der Waals surface area contributed by atoms with Gasteiger partial charge in [0.2, 0.25) is 11.8 Å². The fourth-order valence-corrected chi connectivity index (χ4v) is 1.60. The van der Waals surface area contributed by atoms with Crippen LogP contribution in [0, 0.1) is 0 Å². The van der Waals surface area contributed by atoms with Gasteiger partial charge >= 0.3 is 0 Å². The third-order valence-corrected chi connectivity index (χ3v) is 2.64. The lowest BCUT2D eigenvalue weighted by Gasteiger charge is -2.20. The van der Waals surface area contributed by atoms with Crippen molar-refractivity contribution in [1.82, 2.24) is 5.32 Å². The minimum atomic E-state index is -0.177. The van der Waals surface area contributed by atoms with Crippen LogP contribution < -0.4 is 10.2 Å². The fraction of sp³-hybridized carbons (Fsp3) is 0.385. The Bertz CT molecular complexity index is 418. The van der Waals surface area contributed by atoms with Crippen LogP contribution in [0.4, 0.5) is 5.69 Å². The van der Waals surface area contributed by atoms with Gasteiger partial charge in [-0.25, -0.2) is 0 Å². The number of carbonyl (C=O) groups excluding carboxylic acids is 2. The van der Waals surface area contributed by atoms with E-state index in [0.717, 1.165) is 6.42 Å². The maximum absolute atomic E-state index is 11.6. The Hall–Kier alpha value is -1.55. The van der Waals surface area contributed by atoms with Gasteiger partial charge in [0.1, 0.15) is 6.54 Å². The van der Waals surface area contributed by atoms with Gasteiger partial charge in [-0.2, -0.15) is 0 Å². The van der Waals surface area contributed by atoms with Crippen LogP contribution in [0.2, 0.25) is 5.02 Å². The Balaban J connectivity index is 2.74. The zero-order chi connectivity index (χ0) is 13.5. The topological polar surface area (TPSA) is 49.4 Å². The number of nitrogens with zero attached hydrogens (tertiary/aromatic N) is 1. The van der Waals surface area contributed by atoms with Crippen LogP contribution in [0.1, 0.15) is 20.3 Å². The van der Waals surface area contributed by atoms with Gasteiger partial charge in [0.05, 0.1) is 0 Å². The lowest BCUT2D eigenvalue weighted by Crippen LogP contribution is -2.40. The number of halogens is 1. The van der Waals surface area contributed by atoms with E-state index in [9.17, 15) is 9.59 Å². The number of nitrogens with one attached hydrogen (secondary N) is 1. The number of benzene rings is 1. The minimum Gasteiger partial charge on any atom is -0.355 e. The molecule has 98 valence electrons. The predicted molar refractivity (Wildman–Crippen MR) is 72.8 cm³/mol. The van der Waals surface area contributed by atoms with Crippen molar-refractivity contribution in [3.05, 3.63) is 29.3 Å². The van der Waals surface area contributed by atoms with Crippen molar-refractivity contribution in [3.63, 3.8) is 0 Å². The number of anilines is 1. The summed E-state index contributed by atoms with van der Waals surface area (Å²) in [5.74, 6) is -0.342. The molecule has 0 aromatic heterocycles. The molecule has 2 amide bonds. The molecule has 1 aromatic carbocycles. The van der Waals surface area contributed by atoms with Gasteiger partial charge in [0, 0.05) is 24.2 Å². The van der Waals surface area contributed by atoms with Gasteiger partial charge in [-0.1, -0.05) is 18.5 Å². The summed E-state index contributed by atoms with van der Waals surface area (Å²) in [5.41, 5.74) is 0.665. The number of hydrogen-bond donors (Lipinski definition) is 1. The Morgan fingerprint density at radius 1 is 1.28 bits per heavy atom. The molecule has 0 aliphatic carbocycles. The van der Waals surface area contributed by atoms with Crippen molar-refractivity contribution in [2.45, 2.75) is 20.3 Å². The van der Waals surface area contributed by atoms with Gasteiger partial charge < -0.3 is 10.2 Å². The van der Waals surface area contributed by atoms with Gasteiger partial charge in [0.15, 0.2) is 0 Å². The van der Waals surface area contributed by atoms with Crippen LogP contribution in [0.15, 0.2) is 24.3 Å². The summed E-state index contributed by atoms with van der Waals surface area (Å²) >= 11 is 5.79. The first kappa shape index (κ1) is 14.5. The predicted octanol–water partition coefficient (Wildman–Crippen LogP) is 2.22. The Morgan fingerprint density at radius 2 is 1.89 bits per heavy atom. The van der Waals surface area contributed by atoms with Crippen molar-refractivity contribution >= 4 is 29.1 Å². The zero-order valence-corrected chi connectivity index (χ0v) is 11.3. The van der Waals surface area contributed by atoms with Gasteiger partial charge in [-0.3, -0.25) is 9.59 Å². The zero-order valence-electron chi connectivity index (χ0n) is 10.6. The van der Waals surface area contributed by atoms with Crippen LogP contribution in [-0.2, 0) is 9.59 Å². The highest BCUT2D eigenvalue weighted by Crippen LogP contribution is 2.17. The summed E-state index contributed by atoms with van der Waals surface area (Å²) in [5, 5.41) is 3.34. The average molecular weight is 269 g/mol. The third kappa shape index (κ3) is 4.37. The van der Waals surface area contributed by atoms with E-state index in [-0.39, 0.29) is 18.4 Å². The molecule has 18 heavy (non-hydrogen) atoms. The van der Waals surface area contributed by atoms with E-state index in [4.69, 9.17) is 11.6 Å². The lowest BCUT2D eigenvalue weighted by atomic mass is 10.2. The van der Waals surface area contributed by atoms with Gasteiger partial charge in [-0.15, -0.1) is 0 Å². The van der Waals surface area contributed by atoms with E-state index >= 15 is 0 Å². The number of hydrogen-bond acceptors (Lipinski definition) is 2. The van der Waals surface area contributed by atoms with E-state index in [1.54, 1.807) is 24.3 Å². The van der Waals surface area contributed by atoms with E-state index in [2.05, 4.69) is 5.32 Å². The largest absolute Gasteiger partial charge is 0.355 e. The van der Waals surface area contributed by atoms with Crippen LogP contribution in [0.3, 0.4) is 0 Å².